The van der Waals surface area contributed by atoms with E-state index in [0.717, 1.165) is 17.5 Å². The van der Waals surface area contributed by atoms with E-state index in [1.165, 1.54) is 0 Å². The number of rotatable bonds is 6. The number of para-hydroxylation sites is 1. The third-order valence-electron chi connectivity index (χ3n) is 3.41. The van der Waals surface area contributed by atoms with E-state index in [9.17, 15) is 4.79 Å². The summed E-state index contributed by atoms with van der Waals surface area (Å²) in [5, 5.41) is 0.744. The molecule has 2 aromatic rings. The number of carbonyl (C=O) groups is 1. The Morgan fingerprint density at radius 1 is 1.11 bits per heavy atom. The van der Waals surface area contributed by atoms with Gasteiger partial charge in [0.2, 0.25) is 0 Å². The third kappa shape index (κ3) is 6.77. The van der Waals surface area contributed by atoms with Gasteiger partial charge in [0.1, 0.15) is 16.5 Å². The maximum Gasteiger partial charge on any atom is 0.281 e. The Labute approximate surface area is 168 Å². The number of pyridine rings is 1. The number of nitrogens with two attached hydrogens (primary N) is 2. The van der Waals surface area contributed by atoms with Crippen molar-refractivity contribution in [2.45, 2.75) is 18.9 Å². The third-order valence-corrected chi connectivity index (χ3v) is 4.16. The molecule has 4 N–H and O–H groups in total. The van der Waals surface area contributed by atoms with Crippen LogP contribution in [0.4, 0.5) is 0 Å². The van der Waals surface area contributed by atoms with Crippen LogP contribution in [0.2, 0.25) is 0 Å². The minimum atomic E-state index is -0.521. The van der Waals surface area contributed by atoms with Crippen molar-refractivity contribution in [1.29, 1.82) is 0 Å². The molecule has 1 aromatic heterocycles. The van der Waals surface area contributed by atoms with Crippen LogP contribution in [0.3, 0.4) is 0 Å². The second-order valence-electron chi connectivity index (χ2n) is 5.54. The highest BCUT2D eigenvalue weighted by molar-refractivity contribution is 8.13. The summed E-state index contributed by atoms with van der Waals surface area (Å²) >= 11 is 1.11. The van der Waals surface area contributed by atoms with Crippen LogP contribution in [0.1, 0.15) is 13.8 Å². The van der Waals surface area contributed by atoms with Crippen molar-refractivity contribution in [3.05, 3.63) is 90.0 Å². The standard InChI is InChI=1S/C21H22N4O2S/c1-3-17(20(26)25-21(23)28-19-11-7-8-14-24-19)18(22)13-12-15(2)27-16-9-5-4-6-10-16/h3-14H,22H2,1-2H3,(H2,23,25,26)/b15-12+,17-3+,18-13+. The summed E-state index contributed by atoms with van der Waals surface area (Å²) in [4.78, 5) is 20.4. The van der Waals surface area contributed by atoms with Crippen LogP contribution in [-0.4, -0.2) is 16.1 Å². The van der Waals surface area contributed by atoms with Gasteiger partial charge in [0.15, 0.2) is 5.17 Å². The predicted octanol–water partition coefficient (Wildman–Crippen LogP) is 3.79. The number of thioether (sulfide) groups is 1. The number of benzene rings is 1. The lowest BCUT2D eigenvalue weighted by molar-refractivity contribution is -0.114. The largest absolute Gasteiger partial charge is 0.462 e. The van der Waals surface area contributed by atoms with Gasteiger partial charge in [0.25, 0.3) is 5.91 Å². The number of hydrogen-bond acceptors (Lipinski definition) is 5. The van der Waals surface area contributed by atoms with Crippen LogP contribution in [0.5, 0.6) is 5.75 Å². The van der Waals surface area contributed by atoms with Gasteiger partial charge in [0.05, 0.1) is 5.57 Å². The highest BCUT2D eigenvalue weighted by atomic mass is 32.2. The number of allylic oxidation sites excluding steroid dienone is 4. The number of amidine groups is 1. The molecule has 0 aliphatic carbocycles. The lowest BCUT2D eigenvalue weighted by atomic mass is 10.1. The molecule has 0 saturated heterocycles. The lowest BCUT2D eigenvalue weighted by Crippen LogP contribution is -2.14. The molecule has 0 fully saturated rings. The van der Waals surface area contributed by atoms with E-state index in [1.807, 2.05) is 36.4 Å². The zero-order valence-electron chi connectivity index (χ0n) is 15.7. The Hall–Kier alpha value is -3.32. The molecule has 0 bridgehead atoms. The number of nitrogens with zero attached hydrogens (tertiary/aromatic N) is 2. The van der Waals surface area contributed by atoms with Crippen molar-refractivity contribution in [2.24, 2.45) is 16.5 Å². The number of hydrogen-bond donors (Lipinski definition) is 2. The molecule has 28 heavy (non-hydrogen) atoms. The van der Waals surface area contributed by atoms with E-state index in [4.69, 9.17) is 16.2 Å². The fourth-order valence-corrected chi connectivity index (χ4v) is 2.72. The second kappa shape index (κ2) is 10.7. The van der Waals surface area contributed by atoms with Gasteiger partial charge in [-0.05, 0) is 62.0 Å². The van der Waals surface area contributed by atoms with Crippen LogP contribution < -0.4 is 16.2 Å². The van der Waals surface area contributed by atoms with Gasteiger partial charge in [-0.1, -0.05) is 30.3 Å². The lowest BCUT2D eigenvalue weighted by Gasteiger charge is -2.06. The molecule has 7 heteroatoms. The van der Waals surface area contributed by atoms with Crippen LogP contribution in [0.15, 0.2) is 100 Å². The molecular weight excluding hydrogens is 372 g/mol. The molecule has 0 spiro atoms. The first-order valence-corrected chi connectivity index (χ1v) is 9.32. The molecule has 0 atom stereocenters. The average molecular weight is 395 g/mol. The van der Waals surface area contributed by atoms with Crippen molar-refractivity contribution in [3.63, 3.8) is 0 Å². The maximum atomic E-state index is 12.4. The van der Waals surface area contributed by atoms with E-state index in [2.05, 4.69) is 9.98 Å². The molecule has 2 rings (SSSR count). The molecular formula is C21H22N4O2S. The molecule has 0 saturated carbocycles. The van der Waals surface area contributed by atoms with Gasteiger partial charge in [0, 0.05) is 11.9 Å². The van der Waals surface area contributed by atoms with Gasteiger partial charge in [-0.2, -0.15) is 4.99 Å². The summed E-state index contributed by atoms with van der Waals surface area (Å²) in [6.45, 7) is 3.51. The Morgan fingerprint density at radius 2 is 1.82 bits per heavy atom. The molecule has 0 aliphatic heterocycles. The average Bonchev–Trinajstić information content (AvgIpc) is 2.68. The van der Waals surface area contributed by atoms with Crippen LogP contribution in [0, 0.1) is 0 Å². The van der Waals surface area contributed by atoms with E-state index in [0.29, 0.717) is 10.8 Å². The van der Waals surface area contributed by atoms with Crippen LogP contribution in [0.25, 0.3) is 0 Å². The molecule has 1 aromatic carbocycles. The van der Waals surface area contributed by atoms with E-state index in [-0.39, 0.29) is 16.4 Å². The fraction of sp³-hybridized carbons (Fsp3) is 0.0952. The molecule has 6 nitrogen and oxygen atoms in total. The summed E-state index contributed by atoms with van der Waals surface area (Å²) < 4.78 is 5.67. The Bertz CT molecular complexity index is 920. The molecule has 1 heterocycles. The molecule has 0 aliphatic rings. The summed E-state index contributed by atoms with van der Waals surface area (Å²) in [6.07, 6.45) is 6.53. The number of carbonyl (C=O) groups excluding carboxylic acids is 1. The van der Waals surface area contributed by atoms with Crippen molar-refractivity contribution < 1.29 is 9.53 Å². The smallest absolute Gasteiger partial charge is 0.281 e. The SMILES string of the molecule is C\C=C(C(=O)N=C(N)Sc1ccccn1)/C(N)=C\C=C(/C)Oc1ccccc1. The highest BCUT2D eigenvalue weighted by Crippen LogP contribution is 2.16. The number of amides is 1. The topological polar surface area (TPSA) is 104 Å². The first-order chi connectivity index (χ1) is 13.5. The second-order valence-corrected chi connectivity index (χ2v) is 6.58. The summed E-state index contributed by atoms with van der Waals surface area (Å²) in [5.74, 6) is 0.826. The van der Waals surface area contributed by atoms with Gasteiger partial charge >= 0.3 is 0 Å². The number of aromatic nitrogens is 1. The van der Waals surface area contributed by atoms with Gasteiger partial charge < -0.3 is 16.2 Å². The summed E-state index contributed by atoms with van der Waals surface area (Å²) in [6, 6.07) is 14.8. The Kier molecular flexibility index (Phi) is 8.05. The van der Waals surface area contributed by atoms with Crippen LogP contribution in [-0.2, 0) is 4.79 Å². The first kappa shape index (κ1) is 21.0. The monoisotopic (exact) mass is 394 g/mol. The molecule has 144 valence electrons. The predicted molar refractivity (Wildman–Crippen MR) is 114 cm³/mol. The van der Waals surface area contributed by atoms with E-state index < -0.39 is 5.91 Å². The van der Waals surface area contributed by atoms with Crippen LogP contribution >= 0.6 is 11.8 Å². The van der Waals surface area contributed by atoms with Crippen molar-refractivity contribution in [2.75, 3.05) is 0 Å². The molecule has 0 unspecified atom stereocenters. The van der Waals surface area contributed by atoms with Gasteiger partial charge in [-0.15, -0.1) is 0 Å². The normalized spacial score (nSPS) is 13.4. The van der Waals surface area contributed by atoms with Crippen molar-refractivity contribution in [1.82, 2.24) is 4.98 Å². The van der Waals surface area contributed by atoms with E-state index >= 15 is 0 Å². The first-order valence-electron chi connectivity index (χ1n) is 8.50. The Balaban J connectivity index is 2.06. The summed E-state index contributed by atoms with van der Waals surface area (Å²) in [5.41, 5.74) is 12.4. The molecule has 0 radical (unpaired) electrons. The summed E-state index contributed by atoms with van der Waals surface area (Å²) in [7, 11) is 0. The Morgan fingerprint density at radius 3 is 2.46 bits per heavy atom. The van der Waals surface area contributed by atoms with E-state index in [1.54, 1.807) is 50.4 Å². The number of aliphatic imine (C=N–C) groups is 1. The fourth-order valence-electron chi connectivity index (χ4n) is 2.12. The van der Waals surface area contributed by atoms with Gasteiger partial charge in [-0.3, -0.25) is 4.79 Å². The molecule has 1 amide bonds. The minimum absolute atomic E-state index is 0.0926. The van der Waals surface area contributed by atoms with Crippen molar-refractivity contribution >= 4 is 22.8 Å². The zero-order chi connectivity index (χ0) is 20.4. The zero-order valence-corrected chi connectivity index (χ0v) is 16.5. The quantitative estimate of drug-likeness (QED) is 0.193. The number of ether oxygens (including phenoxy) is 1. The van der Waals surface area contributed by atoms with Gasteiger partial charge in [-0.25, -0.2) is 4.98 Å². The maximum absolute atomic E-state index is 12.4. The minimum Gasteiger partial charge on any atom is -0.462 e. The highest BCUT2D eigenvalue weighted by Gasteiger charge is 2.11. The van der Waals surface area contributed by atoms with Crippen molar-refractivity contribution in [3.8, 4) is 5.75 Å².